The van der Waals surface area contributed by atoms with Crippen molar-refractivity contribution in [3.8, 4) is 0 Å². The standard InChI is InChI=1S/C25H36O5/c1-18(15-23(27)24(28)16-19(2)26)7-6-8-20-11-12-21(17-20)13-14-25(29)30-22-9-4-3-5-10-22/h6-8,13-15,17,19,22-24,26-28H,3-5,9-12,16H2,1-2H3. The van der Waals surface area contributed by atoms with Gasteiger partial charge in [-0.25, -0.2) is 4.79 Å². The lowest BCUT2D eigenvalue weighted by atomic mass is 9.98. The second-order valence-corrected chi connectivity index (χ2v) is 8.40. The molecule has 5 heteroatoms. The Balaban J connectivity index is 1.82. The molecule has 3 unspecified atom stereocenters. The van der Waals surface area contributed by atoms with Crippen LogP contribution in [0, 0.1) is 0 Å². The Hall–Kier alpha value is -1.95. The summed E-state index contributed by atoms with van der Waals surface area (Å²) in [6.07, 6.45) is 17.7. The fourth-order valence-corrected chi connectivity index (χ4v) is 3.74. The molecule has 0 heterocycles. The molecule has 0 bridgehead atoms. The minimum atomic E-state index is -1.01. The summed E-state index contributed by atoms with van der Waals surface area (Å²) in [5.41, 5.74) is 3.12. The van der Waals surface area contributed by atoms with Crippen LogP contribution in [0.2, 0.25) is 0 Å². The first-order valence-electron chi connectivity index (χ1n) is 11.0. The number of rotatable bonds is 9. The van der Waals surface area contributed by atoms with Crippen molar-refractivity contribution in [2.45, 2.75) is 89.6 Å². The number of carbonyl (C=O) groups excluding carboxylic acids is 1. The molecule has 0 saturated heterocycles. The normalized spacial score (nSPS) is 23.2. The van der Waals surface area contributed by atoms with Gasteiger partial charge in [0.1, 0.15) is 6.10 Å². The molecule has 1 saturated carbocycles. The lowest BCUT2D eigenvalue weighted by molar-refractivity contribution is -0.144. The zero-order chi connectivity index (χ0) is 21.9. The van der Waals surface area contributed by atoms with Crippen LogP contribution < -0.4 is 0 Å². The van der Waals surface area contributed by atoms with Crippen molar-refractivity contribution in [1.82, 2.24) is 0 Å². The van der Waals surface area contributed by atoms with Crippen LogP contribution in [-0.2, 0) is 9.53 Å². The molecule has 3 N–H and O–H groups in total. The van der Waals surface area contributed by atoms with Gasteiger partial charge >= 0.3 is 5.97 Å². The predicted molar refractivity (Wildman–Crippen MR) is 119 cm³/mol. The first-order chi connectivity index (χ1) is 14.3. The average molecular weight is 417 g/mol. The van der Waals surface area contributed by atoms with Crippen molar-refractivity contribution in [3.63, 3.8) is 0 Å². The van der Waals surface area contributed by atoms with E-state index in [1.54, 1.807) is 13.0 Å². The molecule has 0 spiro atoms. The van der Waals surface area contributed by atoms with Crippen LogP contribution in [0.1, 0.15) is 65.2 Å². The van der Waals surface area contributed by atoms with Crippen LogP contribution >= 0.6 is 0 Å². The predicted octanol–water partition coefficient (Wildman–Crippen LogP) is 4.06. The number of aliphatic hydroxyl groups is 3. The molecule has 0 aromatic rings. The summed E-state index contributed by atoms with van der Waals surface area (Å²) >= 11 is 0. The van der Waals surface area contributed by atoms with E-state index in [0.717, 1.165) is 49.7 Å². The van der Waals surface area contributed by atoms with Gasteiger partial charge in [0.25, 0.3) is 0 Å². The average Bonchev–Trinajstić information content (AvgIpc) is 3.14. The summed E-state index contributed by atoms with van der Waals surface area (Å²) in [7, 11) is 0. The highest BCUT2D eigenvalue weighted by atomic mass is 16.5. The highest BCUT2D eigenvalue weighted by Crippen LogP contribution is 2.25. The van der Waals surface area contributed by atoms with E-state index in [4.69, 9.17) is 4.74 Å². The van der Waals surface area contributed by atoms with Gasteiger partial charge in [-0.15, -0.1) is 0 Å². The number of hydrogen-bond donors (Lipinski definition) is 3. The molecule has 0 aromatic carbocycles. The van der Waals surface area contributed by atoms with Crippen LogP contribution in [-0.4, -0.2) is 45.7 Å². The number of hydrogen-bond acceptors (Lipinski definition) is 5. The monoisotopic (exact) mass is 416 g/mol. The van der Waals surface area contributed by atoms with Crippen molar-refractivity contribution >= 4 is 5.97 Å². The molecule has 30 heavy (non-hydrogen) atoms. The molecular formula is C25H36O5. The van der Waals surface area contributed by atoms with Crippen molar-refractivity contribution < 1.29 is 24.9 Å². The van der Waals surface area contributed by atoms with Gasteiger partial charge in [0, 0.05) is 12.5 Å². The second-order valence-electron chi connectivity index (χ2n) is 8.40. The molecule has 5 nitrogen and oxygen atoms in total. The minimum absolute atomic E-state index is 0.0806. The molecule has 2 aliphatic carbocycles. The molecule has 3 atom stereocenters. The van der Waals surface area contributed by atoms with E-state index in [1.165, 1.54) is 18.1 Å². The zero-order valence-corrected chi connectivity index (χ0v) is 18.2. The fourth-order valence-electron chi connectivity index (χ4n) is 3.74. The number of esters is 1. The van der Waals surface area contributed by atoms with Crippen molar-refractivity contribution in [3.05, 3.63) is 59.3 Å². The lowest BCUT2D eigenvalue weighted by Gasteiger charge is -2.20. The lowest BCUT2D eigenvalue weighted by Crippen LogP contribution is -2.27. The molecule has 2 aliphatic rings. The van der Waals surface area contributed by atoms with Crippen LogP contribution in [0.25, 0.3) is 0 Å². The maximum atomic E-state index is 12.0. The Bertz CT molecular complexity index is 705. The molecule has 1 fully saturated rings. The minimum Gasteiger partial charge on any atom is -0.459 e. The van der Waals surface area contributed by atoms with Crippen molar-refractivity contribution in [2.24, 2.45) is 0 Å². The van der Waals surface area contributed by atoms with Gasteiger partial charge in [0.2, 0.25) is 0 Å². The number of allylic oxidation sites excluding steroid dienone is 8. The second kappa shape index (κ2) is 12.7. The third kappa shape index (κ3) is 9.24. The highest BCUT2D eigenvalue weighted by molar-refractivity contribution is 5.82. The van der Waals surface area contributed by atoms with Gasteiger partial charge in [-0.1, -0.05) is 48.5 Å². The Morgan fingerprint density at radius 3 is 2.60 bits per heavy atom. The summed E-state index contributed by atoms with van der Waals surface area (Å²) < 4.78 is 5.50. The number of carbonyl (C=O) groups is 1. The summed E-state index contributed by atoms with van der Waals surface area (Å²) in [5.74, 6) is -0.253. The third-order valence-electron chi connectivity index (χ3n) is 5.42. The van der Waals surface area contributed by atoms with E-state index in [0.29, 0.717) is 0 Å². The molecule has 166 valence electrons. The Morgan fingerprint density at radius 2 is 1.90 bits per heavy atom. The molecule has 0 aromatic heterocycles. The van der Waals surface area contributed by atoms with Crippen molar-refractivity contribution in [2.75, 3.05) is 0 Å². The van der Waals surface area contributed by atoms with Crippen LogP contribution in [0.15, 0.2) is 59.3 Å². The summed E-state index contributed by atoms with van der Waals surface area (Å²) in [4.78, 5) is 12.0. The first kappa shape index (κ1) is 24.3. The maximum Gasteiger partial charge on any atom is 0.331 e. The summed E-state index contributed by atoms with van der Waals surface area (Å²) in [6.45, 7) is 3.43. The smallest absolute Gasteiger partial charge is 0.331 e. The van der Waals surface area contributed by atoms with Gasteiger partial charge in [0.15, 0.2) is 0 Å². The van der Waals surface area contributed by atoms with Gasteiger partial charge in [-0.3, -0.25) is 0 Å². The highest BCUT2D eigenvalue weighted by Gasteiger charge is 2.17. The third-order valence-corrected chi connectivity index (χ3v) is 5.42. The van der Waals surface area contributed by atoms with Gasteiger partial charge in [-0.05, 0) is 63.5 Å². The van der Waals surface area contributed by atoms with Gasteiger partial charge in [-0.2, -0.15) is 0 Å². The molecule has 0 aliphatic heterocycles. The topological polar surface area (TPSA) is 87.0 Å². The Kier molecular flexibility index (Phi) is 10.3. The molecule has 0 radical (unpaired) electrons. The zero-order valence-electron chi connectivity index (χ0n) is 18.2. The molecular weight excluding hydrogens is 380 g/mol. The van der Waals surface area contributed by atoms with Crippen LogP contribution in [0.4, 0.5) is 0 Å². The Labute approximate surface area is 180 Å². The number of ether oxygens (including phenoxy) is 1. The number of aliphatic hydroxyl groups excluding tert-OH is 3. The van der Waals surface area contributed by atoms with E-state index in [1.807, 2.05) is 31.2 Å². The first-order valence-corrected chi connectivity index (χ1v) is 11.0. The van der Waals surface area contributed by atoms with Crippen LogP contribution in [0.3, 0.4) is 0 Å². The largest absolute Gasteiger partial charge is 0.459 e. The summed E-state index contributed by atoms with van der Waals surface area (Å²) in [5, 5.41) is 29.0. The van der Waals surface area contributed by atoms with Gasteiger partial charge < -0.3 is 20.1 Å². The SMILES string of the molecule is CC(C=CC=C1C=C(C=CC(=O)OC2CCCCC2)CC1)=CC(O)C(O)CC(C)O. The molecule has 2 rings (SSSR count). The molecule has 0 amide bonds. The quantitative estimate of drug-likeness (QED) is 0.300. The van der Waals surface area contributed by atoms with E-state index in [2.05, 4.69) is 6.08 Å². The van der Waals surface area contributed by atoms with E-state index < -0.39 is 18.3 Å². The van der Waals surface area contributed by atoms with E-state index in [-0.39, 0.29) is 18.5 Å². The Morgan fingerprint density at radius 1 is 1.17 bits per heavy atom. The van der Waals surface area contributed by atoms with E-state index >= 15 is 0 Å². The van der Waals surface area contributed by atoms with Crippen LogP contribution in [0.5, 0.6) is 0 Å². The van der Waals surface area contributed by atoms with E-state index in [9.17, 15) is 20.1 Å². The van der Waals surface area contributed by atoms with Gasteiger partial charge in [0.05, 0.1) is 18.3 Å². The maximum absolute atomic E-state index is 12.0. The fraction of sp³-hybridized carbons (Fsp3) is 0.560. The summed E-state index contributed by atoms with van der Waals surface area (Å²) in [6, 6.07) is 0. The van der Waals surface area contributed by atoms with Crippen molar-refractivity contribution in [1.29, 1.82) is 0 Å².